The first-order valence-corrected chi connectivity index (χ1v) is 8.42. The molecule has 0 saturated heterocycles. The number of nitrogens with zero attached hydrogens (tertiary/aromatic N) is 4. The highest BCUT2D eigenvalue weighted by molar-refractivity contribution is 8.00. The monoisotopic (exact) mass is 348 g/mol. The summed E-state index contributed by atoms with van der Waals surface area (Å²) in [5, 5.41) is 16.4. The largest absolute Gasteiger partial charge is 0.334 e. The quantitative estimate of drug-likeness (QED) is 0.771. The molecule has 0 aliphatic heterocycles. The number of rotatable bonds is 6. The third-order valence-electron chi connectivity index (χ3n) is 3.14. The molecule has 0 unspecified atom stereocenters. The lowest BCUT2D eigenvalue weighted by molar-refractivity contribution is -0.119. The highest BCUT2D eigenvalue weighted by Gasteiger charge is 2.21. The van der Waals surface area contributed by atoms with Crippen LogP contribution in [0.4, 0.5) is 4.79 Å². The molecule has 9 heteroatoms. The van der Waals surface area contributed by atoms with Gasteiger partial charge in [-0.15, -0.1) is 5.10 Å². The summed E-state index contributed by atoms with van der Waals surface area (Å²) in [5.74, 6) is -0.399. The second-order valence-electron chi connectivity index (χ2n) is 5.42. The molecule has 24 heavy (non-hydrogen) atoms. The Labute approximate surface area is 144 Å². The first-order valence-electron chi connectivity index (χ1n) is 7.54. The minimum Gasteiger partial charge on any atom is -0.334 e. The van der Waals surface area contributed by atoms with Crippen molar-refractivity contribution in [3.8, 4) is 0 Å². The van der Waals surface area contributed by atoms with Gasteiger partial charge in [0.15, 0.2) is 0 Å². The van der Waals surface area contributed by atoms with Crippen molar-refractivity contribution in [2.45, 2.75) is 43.8 Å². The Morgan fingerprint density at radius 2 is 1.92 bits per heavy atom. The fraction of sp³-hybridized carbons (Fsp3) is 0.400. The van der Waals surface area contributed by atoms with Gasteiger partial charge in [0.25, 0.3) is 0 Å². The van der Waals surface area contributed by atoms with E-state index in [9.17, 15) is 9.59 Å². The highest BCUT2D eigenvalue weighted by Crippen LogP contribution is 2.22. The lowest BCUT2D eigenvalue weighted by atomic mass is 10.2. The highest BCUT2D eigenvalue weighted by atomic mass is 32.2. The fourth-order valence-electron chi connectivity index (χ4n) is 1.83. The van der Waals surface area contributed by atoms with Crippen LogP contribution in [0.5, 0.6) is 0 Å². The summed E-state index contributed by atoms with van der Waals surface area (Å²) in [6, 6.07) is 9.02. The zero-order chi connectivity index (χ0) is 17.5. The molecule has 1 aromatic heterocycles. The Morgan fingerprint density at radius 3 is 2.58 bits per heavy atom. The number of benzene rings is 1. The summed E-state index contributed by atoms with van der Waals surface area (Å²) >= 11 is 1.20. The van der Waals surface area contributed by atoms with E-state index in [0.717, 1.165) is 5.56 Å². The fourth-order valence-corrected chi connectivity index (χ4v) is 2.76. The number of thioether (sulfide) groups is 1. The van der Waals surface area contributed by atoms with Gasteiger partial charge in [-0.2, -0.15) is 0 Å². The van der Waals surface area contributed by atoms with Gasteiger partial charge in [-0.1, -0.05) is 42.1 Å². The Hall–Kier alpha value is -2.42. The summed E-state index contributed by atoms with van der Waals surface area (Å²) in [6.07, 6.45) is 0. The lowest BCUT2D eigenvalue weighted by Crippen LogP contribution is -2.42. The van der Waals surface area contributed by atoms with Crippen LogP contribution in [0, 0.1) is 0 Å². The molecule has 0 aliphatic rings. The number of urea groups is 1. The summed E-state index contributed by atoms with van der Waals surface area (Å²) < 4.78 is 1.63. The third-order valence-corrected chi connectivity index (χ3v) is 4.18. The number of imide groups is 1. The van der Waals surface area contributed by atoms with E-state index in [4.69, 9.17) is 0 Å². The minimum absolute atomic E-state index is 0.0898. The van der Waals surface area contributed by atoms with E-state index in [2.05, 4.69) is 26.2 Å². The Morgan fingerprint density at radius 1 is 1.21 bits per heavy atom. The van der Waals surface area contributed by atoms with Crippen molar-refractivity contribution in [2.75, 3.05) is 0 Å². The van der Waals surface area contributed by atoms with Gasteiger partial charge in [0.2, 0.25) is 11.1 Å². The average molecular weight is 348 g/mol. The number of carbonyl (C=O) groups is 2. The molecule has 0 saturated carbocycles. The maximum atomic E-state index is 12.1. The standard InChI is InChI=1S/C15H20N6O2S/c1-10(2)21-15(18-19-20-21)24-11(3)13(22)17-14(23)16-9-12-7-5-4-6-8-12/h4-8,10-11H,9H2,1-3H3,(H2,16,17,22,23)/t11-/m0/s1. The van der Waals surface area contributed by atoms with E-state index in [0.29, 0.717) is 11.7 Å². The molecule has 1 atom stereocenters. The molecule has 128 valence electrons. The molecular weight excluding hydrogens is 328 g/mol. The van der Waals surface area contributed by atoms with E-state index in [1.54, 1.807) is 11.6 Å². The number of amides is 3. The Balaban J connectivity index is 1.82. The summed E-state index contributed by atoms with van der Waals surface area (Å²) in [7, 11) is 0. The van der Waals surface area contributed by atoms with Gasteiger partial charge in [-0.25, -0.2) is 9.48 Å². The van der Waals surface area contributed by atoms with Crippen molar-refractivity contribution < 1.29 is 9.59 Å². The van der Waals surface area contributed by atoms with Gasteiger partial charge in [0.05, 0.1) is 11.3 Å². The molecule has 2 N–H and O–H groups in total. The predicted molar refractivity (Wildman–Crippen MR) is 90.3 cm³/mol. The number of hydrogen-bond donors (Lipinski definition) is 2. The van der Waals surface area contributed by atoms with Gasteiger partial charge in [0, 0.05) is 6.54 Å². The van der Waals surface area contributed by atoms with Gasteiger partial charge in [-0.05, 0) is 36.8 Å². The number of tetrazole rings is 1. The van der Waals surface area contributed by atoms with E-state index in [1.807, 2.05) is 44.2 Å². The van der Waals surface area contributed by atoms with Crippen LogP contribution >= 0.6 is 11.8 Å². The molecule has 1 aromatic carbocycles. The van der Waals surface area contributed by atoms with Crippen LogP contribution in [0.3, 0.4) is 0 Å². The number of carbonyl (C=O) groups excluding carboxylic acids is 2. The zero-order valence-electron chi connectivity index (χ0n) is 13.8. The molecule has 0 aliphatic carbocycles. The average Bonchev–Trinajstić information content (AvgIpc) is 3.02. The lowest BCUT2D eigenvalue weighted by Gasteiger charge is -2.12. The van der Waals surface area contributed by atoms with Gasteiger partial charge >= 0.3 is 6.03 Å². The van der Waals surface area contributed by atoms with Crippen molar-refractivity contribution >= 4 is 23.7 Å². The summed E-state index contributed by atoms with van der Waals surface area (Å²) in [4.78, 5) is 23.9. The molecule has 8 nitrogen and oxygen atoms in total. The van der Waals surface area contributed by atoms with E-state index in [1.165, 1.54) is 11.8 Å². The topological polar surface area (TPSA) is 102 Å². The normalized spacial score (nSPS) is 12.0. The number of nitrogens with one attached hydrogen (secondary N) is 2. The van der Waals surface area contributed by atoms with Crippen molar-refractivity contribution in [1.82, 2.24) is 30.8 Å². The van der Waals surface area contributed by atoms with Crippen LogP contribution < -0.4 is 10.6 Å². The van der Waals surface area contributed by atoms with Crippen LogP contribution in [-0.4, -0.2) is 37.4 Å². The minimum atomic E-state index is -0.528. The van der Waals surface area contributed by atoms with Crippen molar-refractivity contribution in [3.05, 3.63) is 35.9 Å². The molecule has 3 amide bonds. The smallest absolute Gasteiger partial charge is 0.321 e. The summed E-state index contributed by atoms with van der Waals surface area (Å²) in [6.45, 7) is 5.95. The SMILES string of the molecule is CC(C)n1nnnc1S[C@@H](C)C(=O)NC(=O)NCc1ccccc1. The maximum absolute atomic E-state index is 12.1. The molecule has 0 bridgehead atoms. The summed E-state index contributed by atoms with van der Waals surface area (Å²) in [5.41, 5.74) is 0.957. The van der Waals surface area contributed by atoms with E-state index >= 15 is 0 Å². The molecule has 2 aromatic rings. The first-order chi connectivity index (χ1) is 11.5. The molecule has 1 heterocycles. The second kappa shape index (κ2) is 8.44. The van der Waals surface area contributed by atoms with Gasteiger partial charge in [-0.3, -0.25) is 10.1 Å². The van der Waals surface area contributed by atoms with E-state index in [-0.39, 0.29) is 6.04 Å². The van der Waals surface area contributed by atoms with E-state index < -0.39 is 17.2 Å². The second-order valence-corrected chi connectivity index (χ2v) is 6.73. The number of aromatic nitrogens is 4. The predicted octanol–water partition coefficient (Wildman–Crippen LogP) is 1.76. The Kier molecular flexibility index (Phi) is 6.30. The molecule has 0 spiro atoms. The van der Waals surface area contributed by atoms with Crippen molar-refractivity contribution in [1.29, 1.82) is 0 Å². The Bertz CT molecular complexity index is 688. The number of hydrogen-bond acceptors (Lipinski definition) is 6. The van der Waals surface area contributed by atoms with Crippen LogP contribution in [0.2, 0.25) is 0 Å². The van der Waals surface area contributed by atoms with Crippen LogP contribution in [0.15, 0.2) is 35.5 Å². The molecule has 0 fully saturated rings. The van der Waals surface area contributed by atoms with Gasteiger partial charge in [0.1, 0.15) is 0 Å². The van der Waals surface area contributed by atoms with Gasteiger partial charge < -0.3 is 5.32 Å². The van der Waals surface area contributed by atoms with Crippen molar-refractivity contribution in [3.63, 3.8) is 0 Å². The third kappa shape index (κ3) is 5.05. The van der Waals surface area contributed by atoms with Crippen LogP contribution in [0.25, 0.3) is 0 Å². The molecule has 0 radical (unpaired) electrons. The first kappa shape index (κ1) is 17.9. The van der Waals surface area contributed by atoms with Crippen molar-refractivity contribution in [2.24, 2.45) is 0 Å². The zero-order valence-corrected chi connectivity index (χ0v) is 14.6. The maximum Gasteiger partial charge on any atom is 0.321 e. The molecule has 2 rings (SSSR count). The van der Waals surface area contributed by atoms with Crippen LogP contribution in [-0.2, 0) is 11.3 Å². The van der Waals surface area contributed by atoms with Crippen LogP contribution in [0.1, 0.15) is 32.4 Å². The molecular formula is C15H20N6O2S.